The molecule has 0 radical (unpaired) electrons. The number of hydrogen-bond acceptors (Lipinski definition) is 2. The zero-order valence-corrected chi connectivity index (χ0v) is 13.2. The molecule has 0 saturated heterocycles. The minimum atomic E-state index is -0.569. The zero-order valence-electron chi connectivity index (χ0n) is 11.6. The van der Waals surface area contributed by atoms with E-state index in [4.69, 9.17) is 0 Å². The van der Waals surface area contributed by atoms with E-state index in [0.717, 1.165) is 21.2 Å². The number of nitrogens with one attached hydrogen (secondary N) is 1. The number of fused-ring (bicyclic) bond motifs is 1. The van der Waals surface area contributed by atoms with Gasteiger partial charge in [-0.25, -0.2) is 0 Å². The van der Waals surface area contributed by atoms with Gasteiger partial charge < -0.3 is 10.4 Å². The van der Waals surface area contributed by atoms with Gasteiger partial charge in [-0.15, -0.1) is 0 Å². The Morgan fingerprint density at radius 1 is 1.29 bits per heavy atom. The van der Waals surface area contributed by atoms with Crippen molar-refractivity contribution in [3.05, 3.63) is 69.2 Å². The van der Waals surface area contributed by atoms with E-state index in [2.05, 4.69) is 21.2 Å². The molecule has 2 aromatic rings. The standard InChI is InChI=1S/C17H16BrNO2/c1-10-6-7-12(8-14(10)18)17(21)19-16-13-5-3-2-4-11(13)9-15(16)20/h2-8,15-16,20H,9H2,1H3,(H,19,21). The van der Waals surface area contributed by atoms with Crippen LogP contribution < -0.4 is 5.32 Å². The molecule has 108 valence electrons. The van der Waals surface area contributed by atoms with Crippen molar-refractivity contribution in [1.82, 2.24) is 5.32 Å². The van der Waals surface area contributed by atoms with Crippen LogP contribution in [0.25, 0.3) is 0 Å². The summed E-state index contributed by atoms with van der Waals surface area (Å²) in [7, 11) is 0. The van der Waals surface area contributed by atoms with Gasteiger partial charge >= 0.3 is 0 Å². The van der Waals surface area contributed by atoms with Crippen LogP contribution >= 0.6 is 15.9 Å². The molecule has 3 nitrogen and oxygen atoms in total. The van der Waals surface area contributed by atoms with Gasteiger partial charge in [0.2, 0.25) is 0 Å². The largest absolute Gasteiger partial charge is 0.390 e. The van der Waals surface area contributed by atoms with E-state index >= 15 is 0 Å². The zero-order chi connectivity index (χ0) is 15.0. The van der Waals surface area contributed by atoms with E-state index in [9.17, 15) is 9.90 Å². The van der Waals surface area contributed by atoms with E-state index in [1.807, 2.05) is 37.3 Å². The second kappa shape index (κ2) is 5.62. The Balaban J connectivity index is 1.83. The van der Waals surface area contributed by atoms with Crippen LogP contribution in [0.5, 0.6) is 0 Å². The molecular formula is C17H16BrNO2. The summed E-state index contributed by atoms with van der Waals surface area (Å²) >= 11 is 3.44. The highest BCUT2D eigenvalue weighted by atomic mass is 79.9. The molecule has 21 heavy (non-hydrogen) atoms. The molecule has 0 bridgehead atoms. The van der Waals surface area contributed by atoms with Gasteiger partial charge in [-0.3, -0.25) is 4.79 Å². The lowest BCUT2D eigenvalue weighted by atomic mass is 10.1. The molecule has 0 aliphatic heterocycles. The molecule has 2 aromatic carbocycles. The van der Waals surface area contributed by atoms with Crippen molar-refractivity contribution in [2.24, 2.45) is 0 Å². The maximum Gasteiger partial charge on any atom is 0.251 e. The van der Waals surface area contributed by atoms with Gasteiger partial charge in [0.25, 0.3) is 5.91 Å². The summed E-state index contributed by atoms with van der Waals surface area (Å²) in [6.07, 6.45) is 0.0128. The van der Waals surface area contributed by atoms with Gasteiger partial charge in [-0.2, -0.15) is 0 Å². The van der Waals surface area contributed by atoms with Crippen LogP contribution in [-0.2, 0) is 6.42 Å². The first-order chi connectivity index (χ1) is 10.1. The minimum Gasteiger partial charge on any atom is -0.390 e. The first-order valence-electron chi connectivity index (χ1n) is 6.89. The predicted molar refractivity (Wildman–Crippen MR) is 85.2 cm³/mol. The van der Waals surface area contributed by atoms with E-state index < -0.39 is 6.10 Å². The Morgan fingerprint density at radius 2 is 2.05 bits per heavy atom. The van der Waals surface area contributed by atoms with Crippen molar-refractivity contribution in [3.8, 4) is 0 Å². The summed E-state index contributed by atoms with van der Waals surface area (Å²) in [6, 6.07) is 13.0. The third kappa shape index (κ3) is 2.74. The summed E-state index contributed by atoms with van der Waals surface area (Å²) in [5.41, 5.74) is 3.77. The Bertz CT molecular complexity index is 699. The molecule has 3 rings (SSSR count). The molecular weight excluding hydrogens is 330 g/mol. The number of halogens is 1. The number of aliphatic hydroxyl groups is 1. The number of aryl methyl sites for hydroxylation is 1. The lowest BCUT2D eigenvalue weighted by molar-refractivity contribution is 0.0858. The number of aliphatic hydroxyl groups excluding tert-OH is 1. The predicted octanol–water partition coefficient (Wildman–Crippen LogP) is 3.15. The van der Waals surface area contributed by atoms with Crippen LogP contribution in [0.1, 0.15) is 33.1 Å². The number of carbonyl (C=O) groups is 1. The van der Waals surface area contributed by atoms with Gasteiger partial charge in [0.05, 0.1) is 12.1 Å². The van der Waals surface area contributed by atoms with Crippen molar-refractivity contribution in [3.63, 3.8) is 0 Å². The smallest absolute Gasteiger partial charge is 0.251 e. The van der Waals surface area contributed by atoms with Crippen molar-refractivity contribution in [2.45, 2.75) is 25.5 Å². The molecule has 0 heterocycles. The third-order valence-corrected chi connectivity index (χ3v) is 4.78. The molecule has 1 aliphatic carbocycles. The maximum absolute atomic E-state index is 12.4. The Hall–Kier alpha value is -1.65. The normalized spacial score (nSPS) is 20.1. The van der Waals surface area contributed by atoms with Gasteiger partial charge in [0.15, 0.2) is 0 Å². The number of rotatable bonds is 2. The first kappa shape index (κ1) is 14.3. The van der Waals surface area contributed by atoms with E-state index in [1.165, 1.54) is 0 Å². The Kier molecular flexibility index (Phi) is 3.83. The third-order valence-electron chi connectivity index (χ3n) is 3.92. The van der Waals surface area contributed by atoms with E-state index in [0.29, 0.717) is 12.0 Å². The summed E-state index contributed by atoms with van der Waals surface area (Å²) in [5, 5.41) is 13.1. The SMILES string of the molecule is Cc1ccc(C(=O)NC2c3ccccc3CC2O)cc1Br. The average Bonchev–Trinajstić information content (AvgIpc) is 2.78. The van der Waals surface area contributed by atoms with Crippen LogP contribution in [0, 0.1) is 6.92 Å². The van der Waals surface area contributed by atoms with Crippen LogP contribution in [0.4, 0.5) is 0 Å². The topological polar surface area (TPSA) is 49.3 Å². The number of hydrogen-bond donors (Lipinski definition) is 2. The van der Waals surface area contributed by atoms with Crippen molar-refractivity contribution in [2.75, 3.05) is 0 Å². The molecule has 4 heteroatoms. The fourth-order valence-corrected chi connectivity index (χ4v) is 3.09. The highest BCUT2D eigenvalue weighted by molar-refractivity contribution is 9.10. The summed E-state index contributed by atoms with van der Waals surface area (Å²) in [5.74, 6) is -0.170. The van der Waals surface area contributed by atoms with Gasteiger partial charge in [0, 0.05) is 16.5 Å². The fraction of sp³-hybridized carbons (Fsp3) is 0.235. The average molecular weight is 346 g/mol. The van der Waals surface area contributed by atoms with Crippen molar-refractivity contribution >= 4 is 21.8 Å². The van der Waals surface area contributed by atoms with E-state index in [-0.39, 0.29) is 11.9 Å². The van der Waals surface area contributed by atoms with Crippen LogP contribution in [0.15, 0.2) is 46.9 Å². The van der Waals surface area contributed by atoms with Gasteiger partial charge in [-0.1, -0.05) is 46.3 Å². The molecule has 2 unspecified atom stereocenters. The molecule has 0 spiro atoms. The second-order valence-electron chi connectivity index (χ2n) is 5.39. The minimum absolute atomic E-state index is 0.170. The molecule has 0 saturated carbocycles. The monoisotopic (exact) mass is 345 g/mol. The highest BCUT2D eigenvalue weighted by Gasteiger charge is 2.32. The van der Waals surface area contributed by atoms with Crippen molar-refractivity contribution < 1.29 is 9.90 Å². The molecule has 2 atom stereocenters. The molecule has 1 amide bonds. The Labute approximate surface area is 132 Å². The molecule has 1 aliphatic rings. The second-order valence-corrected chi connectivity index (χ2v) is 6.24. The molecule has 2 N–H and O–H groups in total. The molecule has 0 fully saturated rings. The van der Waals surface area contributed by atoms with Gasteiger partial charge in [-0.05, 0) is 35.7 Å². The lowest BCUT2D eigenvalue weighted by Gasteiger charge is -2.18. The first-order valence-corrected chi connectivity index (χ1v) is 7.68. The number of benzene rings is 2. The summed E-state index contributed by atoms with van der Waals surface area (Å²) in [6.45, 7) is 1.97. The number of amides is 1. The summed E-state index contributed by atoms with van der Waals surface area (Å²) in [4.78, 5) is 12.4. The van der Waals surface area contributed by atoms with Crippen molar-refractivity contribution in [1.29, 1.82) is 0 Å². The van der Waals surface area contributed by atoms with Crippen LogP contribution in [0.2, 0.25) is 0 Å². The van der Waals surface area contributed by atoms with Gasteiger partial charge in [0.1, 0.15) is 0 Å². The fourth-order valence-electron chi connectivity index (χ4n) is 2.71. The lowest BCUT2D eigenvalue weighted by Crippen LogP contribution is -2.33. The van der Waals surface area contributed by atoms with Crippen LogP contribution in [-0.4, -0.2) is 17.1 Å². The quantitative estimate of drug-likeness (QED) is 0.878. The molecule has 0 aromatic heterocycles. The number of carbonyl (C=O) groups excluding carboxylic acids is 1. The summed E-state index contributed by atoms with van der Waals surface area (Å²) < 4.78 is 0.905. The van der Waals surface area contributed by atoms with Crippen LogP contribution in [0.3, 0.4) is 0 Å². The highest BCUT2D eigenvalue weighted by Crippen LogP contribution is 2.31. The van der Waals surface area contributed by atoms with E-state index in [1.54, 1.807) is 12.1 Å². The maximum atomic E-state index is 12.4. The Morgan fingerprint density at radius 3 is 2.81 bits per heavy atom.